The second-order valence-electron chi connectivity index (χ2n) is 8.16. The summed E-state index contributed by atoms with van der Waals surface area (Å²) in [7, 11) is 1.80. The predicted octanol–water partition coefficient (Wildman–Crippen LogP) is 3.85. The molecular formula is C19H30N2O. The van der Waals surface area contributed by atoms with Crippen molar-refractivity contribution in [3.63, 3.8) is 0 Å². The van der Waals surface area contributed by atoms with E-state index in [1.807, 2.05) is 0 Å². The van der Waals surface area contributed by atoms with Crippen LogP contribution in [0.2, 0.25) is 0 Å². The van der Waals surface area contributed by atoms with Crippen LogP contribution >= 0.6 is 0 Å². The molecule has 1 unspecified atom stereocenters. The van der Waals surface area contributed by atoms with Gasteiger partial charge in [0.25, 0.3) is 0 Å². The third kappa shape index (κ3) is 2.82. The minimum atomic E-state index is 0.0479. The highest BCUT2D eigenvalue weighted by Gasteiger charge is 2.46. The van der Waals surface area contributed by atoms with E-state index in [1.165, 1.54) is 24.0 Å². The first-order chi connectivity index (χ1) is 10.3. The molecular weight excluding hydrogens is 272 g/mol. The lowest BCUT2D eigenvalue weighted by molar-refractivity contribution is -0.267. The molecule has 1 heterocycles. The van der Waals surface area contributed by atoms with Gasteiger partial charge in [0.2, 0.25) is 0 Å². The Balaban J connectivity index is 1.75. The van der Waals surface area contributed by atoms with E-state index in [2.05, 4.69) is 62.3 Å². The molecule has 22 heavy (non-hydrogen) atoms. The van der Waals surface area contributed by atoms with E-state index in [0.29, 0.717) is 12.1 Å². The number of nitrogens with one attached hydrogen (secondary N) is 1. The predicted molar refractivity (Wildman–Crippen MR) is 90.7 cm³/mol. The SMILES string of the molecule is CON1C(C)(C)CC(NC2CCc3ccccc32)CC1(C)C. The van der Waals surface area contributed by atoms with E-state index in [-0.39, 0.29) is 11.1 Å². The molecule has 1 saturated heterocycles. The molecule has 0 saturated carbocycles. The second kappa shape index (κ2) is 5.63. The summed E-state index contributed by atoms with van der Waals surface area (Å²) in [5, 5.41) is 6.13. The molecule has 122 valence electrons. The summed E-state index contributed by atoms with van der Waals surface area (Å²) in [6.45, 7) is 9.15. The van der Waals surface area contributed by atoms with Crippen molar-refractivity contribution < 1.29 is 4.84 Å². The molecule has 1 N–H and O–H groups in total. The summed E-state index contributed by atoms with van der Waals surface area (Å²) in [4.78, 5) is 5.70. The van der Waals surface area contributed by atoms with Gasteiger partial charge >= 0.3 is 0 Å². The molecule has 3 heteroatoms. The van der Waals surface area contributed by atoms with Crippen LogP contribution in [0.25, 0.3) is 0 Å². The summed E-state index contributed by atoms with van der Waals surface area (Å²) in [5.41, 5.74) is 3.12. The highest BCUT2D eigenvalue weighted by molar-refractivity contribution is 5.34. The number of hydroxylamine groups is 2. The van der Waals surface area contributed by atoms with Crippen molar-refractivity contribution in [1.82, 2.24) is 10.4 Å². The first kappa shape index (κ1) is 16.0. The zero-order chi connectivity index (χ0) is 16.0. The normalized spacial score (nSPS) is 27.8. The van der Waals surface area contributed by atoms with Gasteiger partial charge in [0.1, 0.15) is 0 Å². The minimum Gasteiger partial charge on any atom is -0.307 e. The Hall–Kier alpha value is -0.900. The van der Waals surface area contributed by atoms with Crippen molar-refractivity contribution >= 4 is 0 Å². The van der Waals surface area contributed by atoms with Crippen LogP contribution in [0, 0.1) is 0 Å². The molecule has 1 fully saturated rings. The van der Waals surface area contributed by atoms with Crippen LogP contribution in [-0.2, 0) is 11.3 Å². The first-order valence-corrected chi connectivity index (χ1v) is 8.52. The highest BCUT2D eigenvalue weighted by Crippen LogP contribution is 2.40. The summed E-state index contributed by atoms with van der Waals surface area (Å²) in [5.74, 6) is 0. The Morgan fingerprint density at radius 2 is 1.73 bits per heavy atom. The van der Waals surface area contributed by atoms with Crippen LogP contribution < -0.4 is 5.32 Å². The van der Waals surface area contributed by atoms with Crippen LogP contribution in [-0.4, -0.2) is 29.3 Å². The summed E-state index contributed by atoms with van der Waals surface area (Å²) >= 11 is 0. The maximum atomic E-state index is 5.70. The standard InChI is InChI=1S/C19H30N2O/c1-18(2)12-15(13-19(3,4)21(18)22-5)20-17-11-10-14-8-6-7-9-16(14)17/h6-9,15,17,20H,10-13H2,1-5H3. The molecule has 3 nitrogen and oxygen atoms in total. The van der Waals surface area contributed by atoms with Gasteiger partial charge in [-0.1, -0.05) is 24.3 Å². The van der Waals surface area contributed by atoms with Crippen molar-refractivity contribution in [3.8, 4) is 0 Å². The van der Waals surface area contributed by atoms with E-state index < -0.39 is 0 Å². The fourth-order valence-corrected chi connectivity index (χ4v) is 4.89. The van der Waals surface area contributed by atoms with E-state index >= 15 is 0 Å². The van der Waals surface area contributed by atoms with E-state index in [9.17, 15) is 0 Å². The van der Waals surface area contributed by atoms with Crippen molar-refractivity contribution in [2.75, 3.05) is 7.11 Å². The van der Waals surface area contributed by atoms with Crippen molar-refractivity contribution in [2.45, 2.75) is 76.5 Å². The average Bonchev–Trinajstić information content (AvgIpc) is 2.80. The molecule has 0 amide bonds. The number of nitrogens with zero attached hydrogens (tertiary/aromatic N) is 1. The fourth-order valence-electron chi connectivity index (χ4n) is 4.89. The summed E-state index contributed by atoms with van der Waals surface area (Å²) in [6.07, 6.45) is 4.66. The lowest BCUT2D eigenvalue weighted by atomic mass is 9.78. The van der Waals surface area contributed by atoms with Crippen molar-refractivity contribution in [2.24, 2.45) is 0 Å². The average molecular weight is 302 g/mol. The zero-order valence-corrected chi connectivity index (χ0v) is 14.6. The Morgan fingerprint density at radius 3 is 2.36 bits per heavy atom. The molecule has 0 radical (unpaired) electrons. The maximum absolute atomic E-state index is 5.70. The van der Waals surface area contributed by atoms with Gasteiger partial charge in [0, 0.05) is 23.2 Å². The van der Waals surface area contributed by atoms with Gasteiger partial charge < -0.3 is 10.2 Å². The molecule has 1 atom stereocenters. The molecule has 0 aromatic heterocycles. The van der Waals surface area contributed by atoms with Gasteiger partial charge in [0.05, 0.1) is 7.11 Å². The molecule has 1 aromatic carbocycles. The molecule has 3 rings (SSSR count). The molecule has 0 bridgehead atoms. The monoisotopic (exact) mass is 302 g/mol. The van der Waals surface area contributed by atoms with Gasteiger partial charge in [-0.3, -0.25) is 0 Å². The maximum Gasteiger partial charge on any atom is 0.0575 e. The number of aryl methyl sites for hydroxylation is 1. The molecule has 1 aliphatic heterocycles. The van der Waals surface area contributed by atoms with Crippen LogP contribution in [0.5, 0.6) is 0 Å². The molecule has 1 aliphatic carbocycles. The van der Waals surface area contributed by atoms with Crippen LogP contribution in [0.4, 0.5) is 0 Å². The van der Waals surface area contributed by atoms with E-state index in [4.69, 9.17) is 4.84 Å². The zero-order valence-electron chi connectivity index (χ0n) is 14.6. The Bertz CT molecular complexity index is 520. The van der Waals surface area contributed by atoms with Crippen LogP contribution in [0.3, 0.4) is 0 Å². The van der Waals surface area contributed by atoms with Crippen molar-refractivity contribution in [1.29, 1.82) is 0 Å². The number of hydrogen-bond acceptors (Lipinski definition) is 3. The van der Waals surface area contributed by atoms with Gasteiger partial charge in [0.15, 0.2) is 0 Å². The molecule has 1 aromatic rings. The minimum absolute atomic E-state index is 0.0479. The number of hydrogen-bond donors (Lipinski definition) is 1. The molecule has 0 spiro atoms. The van der Waals surface area contributed by atoms with Crippen molar-refractivity contribution in [3.05, 3.63) is 35.4 Å². The van der Waals surface area contributed by atoms with Crippen LogP contribution in [0.1, 0.15) is 64.1 Å². The number of rotatable bonds is 3. The van der Waals surface area contributed by atoms with Crippen LogP contribution in [0.15, 0.2) is 24.3 Å². The fraction of sp³-hybridized carbons (Fsp3) is 0.684. The third-order valence-electron chi connectivity index (χ3n) is 5.34. The highest BCUT2D eigenvalue weighted by atomic mass is 16.7. The third-order valence-corrected chi connectivity index (χ3v) is 5.34. The summed E-state index contributed by atoms with van der Waals surface area (Å²) < 4.78 is 0. The van der Waals surface area contributed by atoms with Gasteiger partial charge in [-0.15, -0.1) is 0 Å². The molecule has 2 aliphatic rings. The van der Waals surface area contributed by atoms with E-state index in [1.54, 1.807) is 7.11 Å². The first-order valence-electron chi connectivity index (χ1n) is 8.52. The number of piperidine rings is 1. The Kier molecular flexibility index (Phi) is 4.09. The Morgan fingerprint density at radius 1 is 1.09 bits per heavy atom. The largest absolute Gasteiger partial charge is 0.307 e. The second-order valence-corrected chi connectivity index (χ2v) is 8.16. The summed E-state index contributed by atoms with van der Waals surface area (Å²) in [6, 6.07) is 9.94. The topological polar surface area (TPSA) is 24.5 Å². The van der Waals surface area contributed by atoms with Gasteiger partial charge in [-0.2, -0.15) is 5.06 Å². The number of benzene rings is 1. The quantitative estimate of drug-likeness (QED) is 0.918. The Labute approximate surface area is 135 Å². The van der Waals surface area contributed by atoms with E-state index in [0.717, 1.165) is 12.8 Å². The van der Waals surface area contributed by atoms with Gasteiger partial charge in [-0.05, 0) is 64.5 Å². The smallest absolute Gasteiger partial charge is 0.0575 e. The lowest BCUT2D eigenvalue weighted by Gasteiger charge is -2.53. The number of fused-ring (bicyclic) bond motifs is 1. The lowest BCUT2D eigenvalue weighted by Crippen LogP contribution is -2.63. The van der Waals surface area contributed by atoms with Gasteiger partial charge in [-0.25, -0.2) is 0 Å².